The van der Waals surface area contributed by atoms with E-state index in [0.29, 0.717) is 6.42 Å². The molecule has 0 rings (SSSR count). The third-order valence-corrected chi connectivity index (χ3v) is 4.53. The first-order valence-corrected chi connectivity index (χ1v) is 7.22. The van der Waals surface area contributed by atoms with Crippen LogP contribution in [-0.2, 0) is 4.74 Å². The SMILES string of the molecule is CCC(C)(C(C)C)C(O)OC(C)CC(O)(C(F)(F)F)C(F)(F)F. The molecule has 0 aromatic heterocycles. The molecule has 3 atom stereocenters. The highest BCUT2D eigenvalue weighted by Gasteiger charge is 2.70. The van der Waals surface area contributed by atoms with Crippen molar-refractivity contribution in [3.8, 4) is 0 Å². The summed E-state index contributed by atoms with van der Waals surface area (Å²) >= 11 is 0. The zero-order valence-corrected chi connectivity index (χ0v) is 13.7. The van der Waals surface area contributed by atoms with Gasteiger partial charge in [-0.2, -0.15) is 26.3 Å². The fraction of sp³-hybridized carbons (Fsp3) is 1.00. The Morgan fingerprint density at radius 1 is 0.957 bits per heavy atom. The average molecular weight is 354 g/mol. The summed E-state index contributed by atoms with van der Waals surface area (Å²) < 4.78 is 80.8. The maximum Gasteiger partial charge on any atom is 0.426 e. The Hall–Kier alpha value is -0.540. The summed E-state index contributed by atoms with van der Waals surface area (Å²) in [5, 5.41) is 19.2. The Morgan fingerprint density at radius 2 is 1.35 bits per heavy atom. The molecule has 3 nitrogen and oxygen atoms in total. The normalized spacial score (nSPS) is 19.6. The molecule has 0 fully saturated rings. The number of rotatable bonds is 7. The molecule has 0 saturated carbocycles. The number of aliphatic hydroxyl groups is 2. The van der Waals surface area contributed by atoms with Crippen molar-refractivity contribution < 1.29 is 41.3 Å². The maximum atomic E-state index is 12.6. The molecule has 0 heterocycles. The Bertz CT molecular complexity index is 366. The summed E-state index contributed by atoms with van der Waals surface area (Å²) in [5.41, 5.74) is -5.73. The van der Waals surface area contributed by atoms with Gasteiger partial charge in [-0.05, 0) is 19.3 Å². The number of hydrogen-bond acceptors (Lipinski definition) is 3. The van der Waals surface area contributed by atoms with Crippen LogP contribution in [0.25, 0.3) is 0 Å². The maximum absolute atomic E-state index is 12.6. The van der Waals surface area contributed by atoms with Crippen molar-refractivity contribution >= 4 is 0 Å². The largest absolute Gasteiger partial charge is 0.426 e. The van der Waals surface area contributed by atoms with E-state index in [9.17, 15) is 31.4 Å². The van der Waals surface area contributed by atoms with Gasteiger partial charge in [-0.15, -0.1) is 0 Å². The van der Waals surface area contributed by atoms with E-state index in [4.69, 9.17) is 9.84 Å². The van der Waals surface area contributed by atoms with Crippen LogP contribution < -0.4 is 0 Å². The molecule has 0 spiro atoms. The fourth-order valence-corrected chi connectivity index (χ4v) is 2.10. The molecule has 0 radical (unpaired) electrons. The first kappa shape index (κ1) is 22.5. The second-order valence-corrected chi connectivity index (χ2v) is 6.37. The molecule has 23 heavy (non-hydrogen) atoms. The smallest absolute Gasteiger partial charge is 0.374 e. The highest BCUT2D eigenvalue weighted by atomic mass is 19.4. The molecular weight excluding hydrogens is 330 g/mol. The Labute approximate surface area is 131 Å². The molecule has 3 unspecified atom stereocenters. The van der Waals surface area contributed by atoms with Crippen molar-refractivity contribution in [3.63, 3.8) is 0 Å². The van der Waals surface area contributed by atoms with Crippen molar-refractivity contribution in [1.29, 1.82) is 0 Å². The van der Waals surface area contributed by atoms with Crippen LogP contribution in [0, 0.1) is 11.3 Å². The Balaban J connectivity index is 5.23. The highest BCUT2D eigenvalue weighted by molar-refractivity contribution is 4.95. The van der Waals surface area contributed by atoms with Crippen molar-refractivity contribution in [2.45, 2.75) is 77.8 Å². The second-order valence-electron chi connectivity index (χ2n) is 6.37. The summed E-state index contributed by atoms with van der Waals surface area (Å²) in [6, 6.07) is 0. The highest BCUT2D eigenvalue weighted by Crippen LogP contribution is 2.46. The van der Waals surface area contributed by atoms with Crippen molar-refractivity contribution in [2.24, 2.45) is 11.3 Å². The van der Waals surface area contributed by atoms with Gasteiger partial charge in [0.1, 0.15) is 0 Å². The fourth-order valence-electron chi connectivity index (χ4n) is 2.10. The second kappa shape index (κ2) is 7.14. The first-order chi connectivity index (χ1) is 10.0. The lowest BCUT2D eigenvalue weighted by Gasteiger charge is -2.40. The molecule has 0 aliphatic carbocycles. The summed E-state index contributed by atoms with van der Waals surface area (Å²) in [6.45, 7) is 7.79. The minimum atomic E-state index is -5.90. The zero-order chi connectivity index (χ0) is 18.9. The van der Waals surface area contributed by atoms with E-state index in [2.05, 4.69) is 0 Å². The van der Waals surface area contributed by atoms with Crippen molar-refractivity contribution in [3.05, 3.63) is 0 Å². The number of aliphatic hydroxyl groups excluding tert-OH is 1. The van der Waals surface area contributed by atoms with E-state index in [1.165, 1.54) is 0 Å². The first-order valence-electron chi connectivity index (χ1n) is 7.22. The van der Waals surface area contributed by atoms with E-state index in [0.717, 1.165) is 6.92 Å². The van der Waals surface area contributed by atoms with Gasteiger partial charge in [-0.3, -0.25) is 0 Å². The van der Waals surface area contributed by atoms with Gasteiger partial charge in [-0.1, -0.05) is 27.7 Å². The predicted molar refractivity (Wildman–Crippen MR) is 71.5 cm³/mol. The zero-order valence-electron chi connectivity index (χ0n) is 13.7. The molecule has 0 aromatic carbocycles. The number of alkyl halides is 6. The van der Waals surface area contributed by atoms with Crippen LogP contribution in [0.1, 0.15) is 47.5 Å². The van der Waals surface area contributed by atoms with Crippen LogP contribution in [0.2, 0.25) is 0 Å². The molecule has 0 bridgehead atoms. The summed E-state index contributed by atoms with van der Waals surface area (Å²) in [6.07, 6.45) is -16.4. The van der Waals surface area contributed by atoms with Crippen LogP contribution in [0.5, 0.6) is 0 Å². The van der Waals surface area contributed by atoms with Gasteiger partial charge in [-0.25, -0.2) is 0 Å². The molecular formula is C14H24F6O3. The monoisotopic (exact) mass is 354 g/mol. The number of ether oxygens (including phenoxy) is 1. The molecule has 0 aromatic rings. The molecule has 0 aliphatic rings. The Kier molecular flexibility index (Phi) is 6.98. The van der Waals surface area contributed by atoms with Gasteiger partial charge in [0.2, 0.25) is 0 Å². The van der Waals surface area contributed by atoms with Gasteiger partial charge in [0, 0.05) is 11.8 Å². The van der Waals surface area contributed by atoms with Gasteiger partial charge in [0.05, 0.1) is 6.10 Å². The van der Waals surface area contributed by atoms with E-state index in [-0.39, 0.29) is 5.92 Å². The summed E-state index contributed by atoms with van der Waals surface area (Å²) in [4.78, 5) is 0. The van der Waals surface area contributed by atoms with Gasteiger partial charge in [0.25, 0.3) is 5.60 Å². The van der Waals surface area contributed by atoms with E-state index in [1.54, 1.807) is 27.7 Å². The van der Waals surface area contributed by atoms with Crippen molar-refractivity contribution in [2.75, 3.05) is 0 Å². The number of halogens is 6. The Morgan fingerprint density at radius 3 is 1.61 bits per heavy atom. The summed E-state index contributed by atoms with van der Waals surface area (Å²) in [5.74, 6) is -0.126. The lowest BCUT2D eigenvalue weighted by molar-refractivity contribution is -0.377. The quantitative estimate of drug-likeness (QED) is 0.536. The predicted octanol–water partition coefficient (Wildman–Crippen LogP) is 4.03. The van der Waals surface area contributed by atoms with Crippen molar-refractivity contribution in [1.82, 2.24) is 0 Å². The lowest BCUT2D eigenvalue weighted by atomic mass is 9.76. The molecule has 0 aliphatic heterocycles. The van der Waals surface area contributed by atoms with Gasteiger partial charge >= 0.3 is 12.4 Å². The topological polar surface area (TPSA) is 49.7 Å². The third-order valence-electron chi connectivity index (χ3n) is 4.53. The van der Waals surface area contributed by atoms with E-state index < -0.39 is 42.2 Å². The van der Waals surface area contributed by atoms with Crippen LogP contribution in [0.3, 0.4) is 0 Å². The minimum absolute atomic E-state index is 0.126. The van der Waals surface area contributed by atoms with Crippen LogP contribution in [0.15, 0.2) is 0 Å². The minimum Gasteiger partial charge on any atom is -0.374 e. The average Bonchev–Trinajstić information content (AvgIpc) is 2.34. The standard InChI is InChI=1S/C14H24F6O3/c1-6-11(5,8(2)3)10(21)23-9(4)7-12(22,13(15,16)17)14(18,19)20/h8-10,21-22H,6-7H2,1-5H3. The molecule has 0 amide bonds. The van der Waals surface area contributed by atoms with Crippen LogP contribution in [0.4, 0.5) is 26.3 Å². The lowest BCUT2D eigenvalue weighted by Crippen LogP contribution is -2.58. The van der Waals surface area contributed by atoms with Gasteiger partial charge in [0.15, 0.2) is 6.29 Å². The van der Waals surface area contributed by atoms with E-state index >= 15 is 0 Å². The molecule has 9 heteroatoms. The molecule has 0 saturated heterocycles. The van der Waals surface area contributed by atoms with Crippen LogP contribution in [-0.4, -0.2) is 40.6 Å². The third kappa shape index (κ3) is 4.73. The molecule has 2 N–H and O–H groups in total. The van der Waals surface area contributed by atoms with E-state index in [1.807, 2.05) is 0 Å². The summed E-state index contributed by atoms with van der Waals surface area (Å²) in [7, 11) is 0. The molecule has 140 valence electrons. The van der Waals surface area contributed by atoms with Crippen LogP contribution >= 0.6 is 0 Å². The number of hydrogen-bond donors (Lipinski definition) is 2. The van der Waals surface area contributed by atoms with Gasteiger partial charge < -0.3 is 14.9 Å².